The van der Waals surface area contributed by atoms with Gasteiger partial charge in [0.05, 0.1) is 12.5 Å². The number of rotatable bonds is 5. The van der Waals surface area contributed by atoms with E-state index >= 15 is 0 Å². The third-order valence-corrected chi connectivity index (χ3v) is 3.05. The molecule has 2 rings (SSSR count). The normalized spacial score (nSPS) is 11.9. The van der Waals surface area contributed by atoms with Gasteiger partial charge in [-0.3, -0.25) is 0 Å². The van der Waals surface area contributed by atoms with Crippen molar-refractivity contribution in [1.82, 2.24) is 0 Å². The predicted octanol–water partition coefficient (Wildman–Crippen LogP) is 4.35. The predicted molar refractivity (Wildman–Crippen MR) is 68.1 cm³/mol. The first-order chi connectivity index (χ1) is 8.12. The zero-order valence-electron chi connectivity index (χ0n) is 10.8. The zero-order chi connectivity index (χ0) is 12.3. The Morgan fingerprint density at radius 3 is 2.71 bits per heavy atom. The van der Waals surface area contributed by atoms with Gasteiger partial charge >= 0.3 is 0 Å². The minimum absolute atomic E-state index is 0.0230. The first-order valence-corrected chi connectivity index (χ1v) is 6.22. The molecule has 0 spiro atoms. The molecule has 2 heterocycles. The average Bonchev–Trinajstić information content (AvgIpc) is 2.88. The number of hydrogen-bond acceptors (Lipinski definition) is 2. The Kier molecular flexibility index (Phi) is 3.41. The molecule has 0 aliphatic rings. The summed E-state index contributed by atoms with van der Waals surface area (Å²) in [6.07, 6.45) is 6.70. The summed E-state index contributed by atoms with van der Waals surface area (Å²) in [7, 11) is 0. The third-order valence-electron chi connectivity index (χ3n) is 3.05. The molecule has 0 N–H and O–H groups in total. The van der Waals surface area contributed by atoms with E-state index in [-0.39, 0.29) is 5.41 Å². The van der Waals surface area contributed by atoms with Crippen molar-refractivity contribution in [3.05, 3.63) is 47.8 Å². The highest BCUT2D eigenvalue weighted by Gasteiger charge is 2.25. The minimum atomic E-state index is -0.0230. The van der Waals surface area contributed by atoms with Crippen molar-refractivity contribution >= 4 is 0 Å². The molecule has 0 bridgehead atoms. The molecule has 2 nitrogen and oxygen atoms in total. The van der Waals surface area contributed by atoms with Gasteiger partial charge in [-0.2, -0.15) is 0 Å². The lowest BCUT2D eigenvalue weighted by atomic mass is 9.85. The fourth-order valence-corrected chi connectivity index (χ4v) is 2.13. The van der Waals surface area contributed by atoms with E-state index in [1.165, 1.54) is 5.56 Å². The van der Waals surface area contributed by atoms with Crippen molar-refractivity contribution in [3.8, 4) is 0 Å². The Morgan fingerprint density at radius 2 is 2.06 bits per heavy atom. The van der Waals surface area contributed by atoms with Crippen molar-refractivity contribution in [2.24, 2.45) is 0 Å². The highest BCUT2D eigenvalue weighted by atomic mass is 16.3. The summed E-state index contributed by atoms with van der Waals surface area (Å²) in [6, 6.07) is 6.12. The van der Waals surface area contributed by atoms with Crippen LogP contribution in [0.15, 0.2) is 39.6 Å². The Balaban J connectivity index is 2.09. The van der Waals surface area contributed by atoms with Crippen molar-refractivity contribution in [3.63, 3.8) is 0 Å². The number of furan rings is 2. The largest absolute Gasteiger partial charge is 0.469 e. The molecule has 0 aromatic carbocycles. The van der Waals surface area contributed by atoms with Crippen LogP contribution >= 0.6 is 0 Å². The van der Waals surface area contributed by atoms with E-state index in [1.807, 2.05) is 18.4 Å². The van der Waals surface area contributed by atoms with E-state index in [0.717, 1.165) is 30.8 Å². The second-order valence-corrected chi connectivity index (χ2v) is 5.21. The Morgan fingerprint density at radius 1 is 1.24 bits per heavy atom. The van der Waals surface area contributed by atoms with Crippen LogP contribution < -0.4 is 0 Å². The van der Waals surface area contributed by atoms with Crippen molar-refractivity contribution in [1.29, 1.82) is 0 Å². The molecule has 92 valence electrons. The number of hydrogen-bond donors (Lipinski definition) is 0. The molecule has 0 saturated heterocycles. The van der Waals surface area contributed by atoms with Gasteiger partial charge in [0.15, 0.2) is 0 Å². The third kappa shape index (κ3) is 2.82. The van der Waals surface area contributed by atoms with Crippen LogP contribution in [0.2, 0.25) is 0 Å². The van der Waals surface area contributed by atoms with Crippen LogP contribution in [0.5, 0.6) is 0 Å². The van der Waals surface area contributed by atoms with Crippen molar-refractivity contribution in [2.75, 3.05) is 0 Å². The van der Waals surface area contributed by atoms with E-state index in [2.05, 4.69) is 26.8 Å². The van der Waals surface area contributed by atoms with Gasteiger partial charge in [-0.1, -0.05) is 27.2 Å². The summed E-state index contributed by atoms with van der Waals surface area (Å²) >= 11 is 0. The highest BCUT2D eigenvalue weighted by molar-refractivity contribution is 5.19. The monoisotopic (exact) mass is 232 g/mol. The molecule has 2 aromatic rings. The van der Waals surface area contributed by atoms with Crippen LogP contribution in [0.25, 0.3) is 0 Å². The van der Waals surface area contributed by atoms with Gasteiger partial charge in [-0.25, -0.2) is 0 Å². The Bertz CT molecular complexity index is 449. The zero-order valence-corrected chi connectivity index (χ0v) is 10.8. The standard InChI is InChI=1S/C15H20O2/c1-4-6-12-9-13(17-11-12)10-15(2,3)14-7-5-8-16-14/h5,7-9,11H,4,6,10H2,1-3H3. The van der Waals surface area contributed by atoms with Gasteiger partial charge < -0.3 is 8.83 Å². The van der Waals surface area contributed by atoms with E-state index < -0.39 is 0 Å². The highest BCUT2D eigenvalue weighted by Crippen LogP contribution is 2.28. The first-order valence-electron chi connectivity index (χ1n) is 6.22. The summed E-state index contributed by atoms with van der Waals surface area (Å²) in [6.45, 7) is 6.53. The van der Waals surface area contributed by atoms with Gasteiger partial charge in [0.25, 0.3) is 0 Å². The van der Waals surface area contributed by atoms with Gasteiger partial charge in [-0.15, -0.1) is 0 Å². The molecule has 0 unspecified atom stereocenters. The van der Waals surface area contributed by atoms with Gasteiger partial charge in [0, 0.05) is 11.8 Å². The SMILES string of the molecule is CCCc1coc(CC(C)(C)c2ccco2)c1. The Labute approximate surface area is 103 Å². The van der Waals surface area contributed by atoms with Gasteiger partial charge in [0.1, 0.15) is 11.5 Å². The smallest absolute Gasteiger partial charge is 0.109 e. The van der Waals surface area contributed by atoms with Crippen LogP contribution in [0.4, 0.5) is 0 Å². The van der Waals surface area contributed by atoms with E-state index in [4.69, 9.17) is 8.83 Å². The molecule has 0 atom stereocenters. The quantitative estimate of drug-likeness (QED) is 0.766. The summed E-state index contributed by atoms with van der Waals surface area (Å²) in [5, 5.41) is 0. The van der Waals surface area contributed by atoms with E-state index in [9.17, 15) is 0 Å². The molecule has 0 aliphatic heterocycles. The minimum Gasteiger partial charge on any atom is -0.469 e. The van der Waals surface area contributed by atoms with E-state index in [0.29, 0.717) is 0 Å². The van der Waals surface area contributed by atoms with Gasteiger partial charge in [-0.05, 0) is 30.2 Å². The molecule has 0 amide bonds. The summed E-state index contributed by atoms with van der Waals surface area (Å²) < 4.78 is 11.1. The lowest BCUT2D eigenvalue weighted by molar-refractivity contribution is 0.356. The second kappa shape index (κ2) is 4.82. The van der Waals surface area contributed by atoms with Crippen molar-refractivity contribution < 1.29 is 8.83 Å². The first kappa shape index (κ1) is 12.0. The van der Waals surface area contributed by atoms with Crippen LogP contribution in [-0.4, -0.2) is 0 Å². The summed E-state index contributed by atoms with van der Waals surface area (Å²) in [5.74, 6) is 2.04. The lowest BCUT2D eigenvalue weighted by Crippen LogP contribution is -2.19. The fourth-order valence-electron chi connectivity index (χ4n) is 2.13. The molecule has 0 aliphatic carbocycles. The summed E-state index contributed by atoms with van der Waals surface area (Å²) in [5.41, 5.74) is 1.27. The maximum absolute atomic E-state index is 5.61. The van der Waals surface area contributed by atoms with Gasteiger partial charge in [0.2, 0.25) is 0 Å². The maximum atomic E-state index is 5.61. The average molecular weight is 232 g/mol. The second-order valence-electron chi connectivity index (χ2n) is 5.21. The van der Waals surface area contributed by atoms with Crippen LogP contribution in [0, 0.1) is 0 Å². The Hall–Kier alpha value is -1.44. The fraction of sp³-hybridized carbons (Fsp3) is 0.467. The molecular weight excluding hydrogens is 212 g/mol. The topological polar surface area (TPSA) is 26.3 Å². The molecule has 2 heteroatoms. The van der Waals surface area contributed by atoms with Crippen LogP contribution in [0.3, 0.4) is 0 Å². The van der Waals surface area contributed by atoms with Crippen LogP contribution in [-0.2, 0) is 18.3 Å². The van der Waals surface area contributed by atoms with Crippen molar-refractivity contribution in [2.45, 2.75) is 45.4 Å². The summed E-state index contributed by atoms with van der Waals surface area (Å²) in [4.78, 5) is 0. The molecule has 0 saturated carbocycles. The maximum Gasteiger partial charge on any atom is 0.109 e. The molecular formula is C15H20O2. The molecule has 2 aromatic heterocycles. The number of aryl methyl sites for hydroxylation is 1. The molecule has 0 radical (unpaired) electrons. The lowest BCUT2D eigenvalue weighted by Gasteiger charge is -2.20. The molecule has 0 fully saturated rings. The molecule has 17 heavy (non-hydrogen) atoms. The van der Waals surface area contributed by atoms with E-state index in [1.54, 1.807) is 6.26 Å². The van der Waals surface area contributed by atoms with Crippen LogP contribution in [0.1, 0.15) is 44.3 Å².